The molecule has 2 aromatic carbocycles. The molecule has 0 spiro atoms. The number of rotatable bonds is 10. The minimum absolute atomic E-state index is 0.0920. The standard InChI is InChI=1S/C21H25NO6S2/c1-16(29-15-18-8-10-19(27-2)11-9-18)20(12-13-30(24,25)26)22-21(23)28-14-17-6-4-3-5-7-17/h3-13,16,20H,14-15H2,1-2H3,(H,22,23)(H,24,25,26)/b13-12+. The van der Waals surface area contributed by atoms with Crippen LogP contribution in [0.3, 0.4) is 0 Å². The lowest BCUT2D eigenvalue weighted by molar-refractivity contribution is 0.137. The number of hydrogen-bond acceptors (Lipinski definition) is 6. The first-order chi connectivity index (χ1) is 14.3. The number of nitrogens with one attached hydrogen (secondary N) is 1. The van der Waals surface area contributed by atoms with Gasteiger partial charge in [-0.3, -0.25) is 4.55 Å². The molecule has 2 unspecified atom stereocenters. The summed E-state index contributed by atoms with van der Waals surface area (Å²) in [6.07, 6.45) is 0.561. The molecule has 2 atom stereocenters. The van der Waals surface area contributed by atoms with Crippen molar-refractivity contribution in [1.82, 2.24) is 5.32 Å². The van der Waals surface area contributed by atoms with Crippen LogP contribution < -0.4 is 10.1 Å². The Morgan fingerprint density at radius 3 is 2.40 bits per heavy atom. The number of carbonyl (C=O) groups is 1. The molecule has 0 heterocycles. The molecule has 7 nitrogen and oxygen atoms in total. The van der Waals surface area contributed by atoms with Crippen LogP contribution in [0.1, 0.15) is 18.1 Å². The maximum atomic E-state index is 12.2. The zero-order valence-corrected chi connectivity index (χ0v) is 18.4. The van der Waals surface area contributed by atoms with Gasteiger partial charge in [0, 0.05) is 11.0 Å². The maximum Gasteiger partial charge on any atom is 0.407 e. The van der Waals surface area contributed by atoms with Crippen LogP contribution in [-0.2, 0) is 27.2 Å². The summed E-state index contributed by atoms with van der Waals surface area (Å²) in [6.45, 7) is 1.94. The van der Waals surface area contributed by atoms with E-state index >= 15 is 0 Å². The molecule has 0 aliphatic heterocycles. The van der Waals surface area contributed by atoms with Gasteiger partial charge < -0.3 is 14.8 Å². The zero-order valence-electron chi connectivity index (χ0n) is 16.7. The second kappa shape index (κ2) is 11.6. The molecule has 2 N–H and O–H groups in total. The van der Waals surface area contributed by atoms with E-state index in [9.17, 15) is 13.2 Å². The van der Waals surface area contributed by atoms with Crippen molar-refractivity contribution in [2.45, 2.75) is 30.6 Å². The third-order valence-corrected chi connectivity index (χ3v) is 5.95. The monoisotopic (exact) mass is 451 g/mol. The highest BCUT2D eigenvalue weighted by molar-refractivity contribution is 7.99. The summed E-state index contributed by atoms with van der Waals surface area (Å²) < 4.78 is 41.6. The average Bonchev–Trinajstić information content (AvgIpc) is 2.74. The van der Waals surface area contributed by atoms with Crippen LogP contribution in [0.4, 0.5) is 4.79 Å². The Balaban J connectivity index is 1.97. The van der Waals surface area contributed by atoms with E-state index in [2.05, 4.69) is 5.32 Å². The fraction of sp³-hybridized carbons (Fsp3) is 0.286. The zero-order chi connectivity index (χ0) is 22.0. The second-order valence-corrected chi connectivity index (χ2v) is 9.11. The van der Waals surface area contributed by atoms with E-state index in [0.717, 1.165) is 16.9 Å². The summed E-state index contributed by atoms with van der Waals surface area (Å²) in [5, 5.41) is 3.12. The van der Waals surface area contributed by atoms with Gasteiger partial charge in [-0.05, 0) is 29.3 Å². The summed E-state index contributed by atoms with van der Waals surface area (Å²) in [4.78, 5) is 12.2. The highest BCUT2D eigenvalue weighted by Crippen LogP contribution is 2.23. The lowest BCUT2D eigenvalue weighted by atomic mass is 10.2. The smallest absolute Gasteiger partial charge is 0.407 e. The molecule has 2 rings (SSSR count). The first kappa shape index (κ1) is 23.8. The lowest BCUT2D eigenvalue weighted by Gasteiger charge is -2.22. The summed E-state index contributed by atoms with van der Waals surface area (Å²) in [6, 6.07) is 16.1. The van der Waals surface area contributed by atoms with Gasteiger partial charge in [0.25, 0.3) is 10.1 Å². The molecule has 0 radical (unpaired) electrons. The Hall–Kier alpha value is -2.49. The molecular weight excluding hydrogens is 426 g/mol. The Kier molecular flexibility index (Phi) is 9.22. The summed E-state index contributed by atoms with van der Waals surface area (Å²) in [5.41, 5.74) is 1.89. The number of carbonyl (C=O) groups excluding carboxylic acids is 1. The maximum absolute atomic E-state index is 12.2. The summed E-state index contributed by atoms with van der Waals surface area (Å²) >= 11 is 1.52. The number of hydrogen-bond donors (Lipinski definition) is 2. The van der Waals surface area contributed by atoms with Crippen LogP contribution in [0.15, 0.2) is 66.1 Å². The third kappa shape index (κ3) is 8.89. The van der Waals surface area contributed by atoms with Gasteiger partial charge in [-0.25, -0.2) is 4.79 Å². The molecule has 0 saturated carbocycles. The van der Waals surface area contributed by atoms with Crippen LogP contribution in [0.2, 0.25) is 0 Å². The highest BCUT2D eigenvalue weighted by Gasteiger charge is 2.19. The average molecular weight is 452 g/mol. The molecule has 30 heavy (non-hydrogen) atoms. The molecule has 0 aromatic heterocycles. The number of amides is 1. The van der Waals surface area contributed by atoms with E-state index in [0.29, 0.717) is 11.2 Å². The first-order valence-corrected chi connectivity index (χ1v) is 11.7. The highest BCUT2D eigenvalue weighted by atomic mass is 32.2. The molecule has 2 aromatic rings. The predicted octanol–water partition coefficient (Wildman–Crippen LogP) is 4.01. The third-order valence-electron chi connectivity index (χ3n) is 4.13. The second-order valence-electron chi connectivity index (χ2n) is 6.44. The van der Waals surface area contributed by atoms with E-state index in [1.807, 2.05) is 61.5 Å². The van der Waals surface area contributed by atoms with Crippen molar-refractivity contribution < 1.29 is 27.2 Å². The van der Waals surface area contributed by atoms with Gasteiger partial charge in [-0.15, -0.1) is 0 Å². The Morgan fingerprint density at radius 2 is 1.80 bits per heavy atom. The van der Waals surface area contributed by atoms with E-state index in [1.165, 1.54) is 17.8 Å². The minimum atomic E-state index is -4.31. The molecule has 0 aliphatic rings. The van der Waals surface area contributed by atoms with Crippen LogP contribution in [0.25, 0.3) is 0 Å². The molecule has 0 fully saturated rings. The Labute approximate surface area is 181 Å². The molecule has 162 valence electrons. The summed E-state index contributed by atoms with van der Waals surface area (Å²) in [5.74, 6) is 1.40. The van der Waals surface area contributed by atoms with Crippen molar-refractivity contribution in [3.63, 3.8) is 0 Å². The van der Waals surface area contributed by atoms with Gasteiger partial charge in [0.1, 0.15) is 12.4 Å². The van der Waals surface area contributed by atoms with Crippen molar-refractivity contribution in [3.8, 4) is 5.75 Å². The number of thioether (sulfide) groups is 1. The fourth-order valence-corrected chi connectivity index (χ4v) is 3.84. The SMILES string of the molecule is COc1ccc(CSC(C)C(/C=C/S(=O)(=O)O)NC(=O)OCc2ccccc2)cc1. The van der Waals surface area contributed by atoms with Crippen molar-refractivity contribution in [2.75, 3.05) is 7.11 Å². The van der Waals surface area contributed by atoms with Crippen LogP contribution in [0.5, 0.6) is 5.75 Å². The quantitative estimate of drug-likeness (QED) is 0.526. The Bertz CT molecular complexity index is 930. The van der Waals surface area contributed by atoms with E-state index in [1.54, 1.807) is 7.11 Å². The van der Waals surface area contributed by atoms with Crippen LogP contribution >= 0.6 is 11.8 Å². The predicted molar refractivity (Wildman–Crippen MR) is 118 cm³/mol. The van der Waals surface area contributed by atoms with Crippen LogP contribution in [0, 0.1) is 0 Å². The van der Waals surface area contributed by atoms with Crippen molar-refractivity contribution in [2.24, 2.45) is 0 Å². The number of alkyl carbamates (subject to hydrolysis) is 1. The summed E-state index contributed by atoms with van der Waals surface area (Å²) in [7, 11) is -2.72. The molecule has 0 saturated heterocycles. The van der Waals surface area contributed by atoms with Gasteiger partial charge in [0.05, 0.1) is 18.6 Å². The topological polar surface area (TPSA) is 102 Å². The number of methoxy groups -OCH3 is 1. The van der Waals surface area contributed by atoms with Gasteiger partial charge in [-0.1, -0.05) is 49.4 Å². The van der Waals surface area contributed by atoms with E-state index in [-0.39, 0.29) is 11.9 Å². The molecular formula is C21H25NO6S2. The van der Waals surface area contributed by atoms with Gasteiger partial charge >= 0.3 is 6.09 Å². The van der Waals surface area contributed by atoms with Gasteiger partial charge in [0.15, 0.2) is 0 Å². The number of benzene rings is 2. The van der Waals surface area contributed by atoms with Crippen molar-refractivity contribution >= 4 is 28.0 Å². The van der Waals surface area contributed by atoms with Crippen LogP contribution in [-0.4, -0.2) is 37.5 Å². The lowest BCUT2D eigenvalue weighted by Crippen LogP contribution is -2.40. The Morgan fingerprint density at radius 1 is 1.13 bits per heavy atom. The molecule has 1 amide bonds. The van der Waals surface area contributed by atoms with Crippen molar-refractivity contribution in [1.29, 1.82) is 0 Å². The van der Waals surface area contributed by atoms with E-state index < -0.39 is 22.3 Å². The van der Waals surface area contributed by atoms with E-state index in [4.69, 9.17) is 14.0 Å². The molecule has 9 heteroatoms. The molecule has 0 bridgehead atoms. The first-order valence-electron chi connectivity index (χ1n) is 9.14. The minimum Gasteiger partial charge on any atom is -0.497 e. The van der Waals surface area contributed by atoms with Gasteiger partial charge in [-0.2, -0.15) is 20.2 Å². The largest absolute Gasteiger partial charge is 0.497 e. The fourth-order valence-electron chi connectivity index (χ4n) is 2.46. The molecule has 0 aliphatic carbocycles. The van der Waals surface area contributed by atoms with Gasteiger partial charge in [0.2, 0.25) is 0 Å². The van der Waals surface area contributed by atoms with Crippen molar-refractivity contribution in [3.05, 3.63) is 77.2 Å². The number of ether oxygens (including phenoxy) is 2. The normalized spacial score (nSPS) is 13.6.